The van der Waals surface area contributed by atoms with E-state index >= 15 is 0 Å². The molecule has 0 spiro atoms. The first kappa shape index (κ1) is 30.9. The van der Waals surface area contributed by atoms with Crippen LogP contribution in [0, 0.1) is 17.8 Å². The summed E-state index contributed by atoms with van der Waals surface area (Å²) in [6.45, 7) is 12.4. The maximum atomic E-state index is 13.8. The van der Waals surface area contributed by atoms with Crippen molar-refractivity contribution in [2.45, 2.75) is 73.1 Å². The van der Waals surface area contributed by atoms with Crippen molar-refractivity contribution in [3.63, 3.8) is 0 Å². The van der Waals surface area contributed by atoms with Crippen LogP contribution in [-0.4, -0.2) is 42.6 Å². The van der Waals surface area contributed by atoms with Gasteiger partial charge in [0, 0.05) is 59.1 Å². The predicted molar refractivity (Wildman–Crippen MR) is 169 cm³/mol. The molecule has 8 heteroatoms. The van der Waals surface area contributed by atoms with E-state index in [2.05, 4.69) is 37.9 Å². The van der Waals surface area contributed by atoms with Crippen molar-refractivity contribution in [2.24, 2.45) is 10.8 Å². The molecule has 0 saturated carbocycles. The zero-order chi connectivity index (χ0) is 31.3. The molecule has 0 unspecified atom stereocenters. The molecule has 0 fully saturated rings. The molecular weight excluding hydrogens is 564 g/mol. The van der Waals surface area contributed by atoms with Crippen LogP contribution in [-0.2, 0) is 14.4 Å². The van der Waals surface area contributed by atoms with Gasteiger partial charge in [0.15, 0.2) is 29.7 Å². The van der Waals surface area contributed by atoms with Crippen LogP contribution >= 0.6 is 11.6 Å². The molecule has 0 radical (unpaired) electrons. The third kappa shape index (κ3) is 6.23. The standard InChI is InChI=1S/C35H41ClN2O5/c1-8-42-29-13-21(10-12-28(29)43-19-30(41)37-22-11-9-20(2)23(36)14-22)31-32-24(15-34(3,4)17-26(32)39)38(7)25-16-35(5,6)18-27(40)33(25)31/h9-14,31H,8,15-19H2,1-7H3,(H,37,41). The summed E-state index contributed by atoms with van der Waals surface area (Å²) in [5, 5.41) is 3.37. The third-order valence-corrected chi connectivity index (χ3v) is 9.00. The highest BCUT2D eigenvalue weighted by Crippen LogP contribution is 2.54. The number of halogens is 1. The van der Waals surface area contributed by atoms with Gasteiger partial charge < -0.3 is 19.7 Å². The average Bonchev–Trinajstić information content (AvgIpc) is 2.90. The molecule has 228 valence electrons. The van der Waals surface area contributed by atoms with Gasteiger partial charge in [0.2, 0.25) is 0 Å². The van der Waals surface area contributed by atoms with Crippen LogP contribution in [0.15, 0.2) is 58.9 Å². The number of ether oxygens (including phenoxy) is 2. The van der Waals surface area contributed by atoms with E-state index in [1.54, 1.807) is 18.2 Å². The van der Waals surface area contributed by atoms with E-state index in [4.69, 9.17) is 21.1 Å². The molecule has 1 amide bonds. The number of rotatable bonds is 7. The van der Waals surface area contributed by atoms with E-state index in [1.165, 1.54) is 0 Å². The van der Waals surface area contributed by atoms with Gasteiger partial charge in [-0.05, 0) is 72.9 Å². The maximum absolute atomic E-state index is 13.8. The number of anilines is 1. The Balaban J connectivity index is 1.49. The minimum absolute atomic E-state index is 0.0819. The van der Waals surface area contributed by atoms with E-state index in [-0.39, 0.29) is 34.9 Å². The number of amides is 1. The summed E-state index contributed by atoms with van der Waals surface area (Å²) in [5.74, 6) is 0.221. The van der Waals surface area contributed by atoms with Crippen LogP contribution in [0.3, 0.4) is 0 Å². The fourth-order valence-corrected chi connectivity index (χ4v) is 6.78. The second kappa shape index (κ2) is 11.5. The number of aryl methyl sites for hydroxylation is 1. The molecular formula is C35H41ClN2O5. The zero-order valence-corrected chi connectivity index (χ0v) is 26.9. The lowest BCUT2D eigenvalue weighted by molar-refractivity contribution is -0.120. The molecule has 0 saturated heterocycles. The van der Waals surface area contributed by atoms with E-state index in [0.29, 0.717) is 52.8 Å². The van der Waals surface area contributed by atoms with Crippen LogP contribution in [0.25, 0.3) is 0 Å². The quantitative estimate of drug-likeness (QED) is 0.355. The molecule has 2 aromatic carbocycles. The van der Waals surface area contributed by atoms with Crippen molar-refractivity contribution in [2.75, 3.05) is 25.6 Å². The number of carbonyl (C=O) groups is 3. The van der Waals surface area contributed by atoms with Gasteiger partial charge in [-0.25, -0.2) is 0 Å². The van der Waals surface area contributed by atoms with Gasteiger partial charge in [-0.2, -0.15) is 0 Å². The largest absolute Gasteiger partial charge is 0.490 e. The van der Waals surface area contributed by atoms with Gasteiger partial charge in [0.1, 0.15) is 0 Å². The summed E-state index contributed by atoms with van der Waals surface area (Å²) in [6, 6.07) is 10.8. The van der Waals surface area contributed by atoms with Crippen LogP contribution in [0.4, 0.5) is 5.69 Å². The number of allylic oxidation sites excluding steroid dienone is 4. The summed E-state index contributed by atoms with van der Waals surface area (Å²) in [6.07, 6.45) is 2.37. The first-order valence-electron chi connectivity index (χ1n) is 14.9. The van der Waals surface area contributed by atoms with Gasteiger partial charge in [-0.15, -0.1) is 0 Å². The Morgan fingerprint density at radius 2 is 1.51 bits per heavy atom. The number of nitrogens with zero attached hydrogens (tertiary/aromatic N) is 1. The van der Waals surface area contributed by atoms with Crippen LogP contribution in [0.5, 0.6) is 11.5 Å². The van der Waals surface area contributed by atoms with Gasteiger partial charge in [0.05, 0.1) is 6.61 Å². The third-order valence-electron chi connectivity index (χ3n) is 8.60. The van der Waals surface area contributed by atoms with Crippen molar-refractivity contribution >= 4 is 34.8 Å². The Morgan fingerprint density at radius 3 is 2.07 bits per heavy atom. The number of benzene rings is 2. The number of Topliss-reactive ketones (excluding diaryl/α,β-unsaturated/α-hetero) is 2. The first-order valence-corrected chi connectivity index (χ1v) is 15.3. The minimum Gasteiger partial charge on any atom is -0.490 e. The predicted octanol–water partition coefficient (Wildman–Crippen LogP) is 7.38. The van der Waals surface area contributed by atoms with Crippen molar-refractivity contribution < 1.29 is 23.9 Å². The van der Waals surface area contributed by atoms with Crippen molar-refractivity contribution in [1.29, 1.82) is 0 Å². The summed E-state index contributed by atoms with van der Waals surface area (Å²) < 4.78 is 11.9. The monoisotopic (exact) mass is 604 g/mol. The molecule has 5 rings (SSSR count). The zero-order valence-electron chi connectivity index (χ0n) is 26.2. The molecule has 1 heterocycles. The van der Waals surface area contributed by atoms with Gasteiger partial charge in [-0.3, -0.25) is 14.4 Å². The highest BCUT2D eigenvalue weighted by molar-refractivity contribution is 6.31. The topological polar surface area (TPSA) is 84.9 Å². The Morgan fingerprint density at radius 1 is 0.907 bits per heavy atom. The minimum atomic E-state index is -0.476. The normalized spacial score (nSPS) is 19.7. The van der Waals surface area contributed by atoms with E-state index in [1.807, 2.05) is 39.1 Å². The number of carbonyl (C=O) groups excluding carboxylic acids is 3. The van der Waals surface area contributed by atoms with Gasteiger partial charge >= 0.3 is 0 Å². The highest BCUT2D eigenvalue weighted by Gasteiger charge is 2.48. The van der Waals surface area contributed by atoms with Crippen LogP contribution < -0.4 is 14.8 Å². The van der Waals surface area contributed by atoms with Crippen LogP contribution in [0.2, 0.25) is 5.02 Å². The Labute approximate surface area is 259 Å². The molecule has 43 heavy (non-hydrogen) atoms. The lowest BCUT2D eigenvalue weighted by Gasteiger charge is -2.47. The lowest BCUT2D eigenvalue weighted by Crippen LogP contribution is -2.43. The highest BCUT2D eigenvalue weighted by atomic mass is 35.5. The first-order chi connectivity index (χ1) is 20.2. The molecule has 3 aliphatic rings. The SMILES string of the molecule is CCOc1cc(C2C3=C(CC(C)(C)CC3=O)N(C)C3=C2C(=O)CC(C)(C)C3)ccc1OCC(=O)Nc1ccc(C)c(Cl)c1. The molecule has 0 atom stereocenters. The van der Waals surface area contributed by atoms with E-state index < -0.39 is 5.92 Å². The summed E-state index contributed by atoms with van der Waals surface area (Å²) in [4.78, 5) is 42.4. The van der Waals surface area contributed by atoms with Crippen molar-refractivity contribution in [3.05, 3.63) is 75.1 Å². The number of hydrogen-bond donors (Lipinski definition) is 1. The maximum Gasteiger partial charge on any atom is 0.262 e. The smallest absolute Gasteiger partial charge is 0.262 e. The average molecular weight is 605 g/mol. The van der Waals surface area contributed by atoms with Gasteiger partial charge in [-0.1, -0.05) is 51.4 Å². The number of nitrogens with one attached hydrogen (secondary N) is 1. The summed E-state index contributed by atoms with van der Waals surface area (Å²) in [7, 11) is 2.00. The molecule has 7 nitrogen and oxygen atoms in total. The summed E-state index contributed by atoms with van der Waals surface area (Å²) in [5.41, 5.74) is 5.40. The Bertz CT molecular complexity index is 1510. The van der Waals surface area contributed by atoms with Crippen LogP contribution in [0.1, 0.15) is 77.3 Å². The fraction of sp³-hybridized carbons (Fsp3) is 0.457. The van der Waals surface area contributed by atoms with Crippen molar-refractivity contribution in [3.8, 4) is 11.5 Å². The second-order valence-electron chi connectivity index (χ2n) is 13.5. The molecule has 1 N–H and O–H groups in total. The molecule has 1 aliphatic heterocycles. The van der Waals surface area contributed by atoms with Crippen molar-refractivity contribution in [1.82, 2.24) is 4.90 Å². The number of ketones is 2. The molecule has 0 aromatic heterocycles. The Hall–Kier alpha value is -3.58. The van der Waals surface area contributed by atoms with E-state index in [9.17, 15) is 14.4 Å². The fourth-order valence-electron chi connectivity index (χ4n) is 6.60. The molecule has 2 aromatic rings. The lowest BCUT2D eigenvalue weighted by atomic mass is 9.64. The molecule has 0 bridgehead atoms. The van der Waals surface area contributed by atoms with Gasteiger partial charge in [0.25, 0.3) is 5.91 Å². The van der Waals surface area contributed by atoms with E-state index in [0.717, 1.165) is 35.4 Å². The Kier molecular flexibility index (Phi) is 8.25. The second-order valence-corrected chi connectivity index (χ2v) is 13.9. The number of hydrogen-bond acceptors (Lipinski definition) is 6. The summed E-state index contributed by atoms with van der Waals surface area (Å²) >= 11 is 6.19. The molecule has 2 aliphatic carbocycles.